The molecule has 1 aromatic heterocycles. The molecule has 0 saturated heterocycles. The van der Waals surface area contributed by atoms with Crippen molar-refractivity contribution in [3.63, 3.8) is 0 Å². The number of hydrogen-bond donors (Lipinski definition) is 1. The Labute approximate surface area is 96.4 Å². The van der Waals surface area contributed by atoms with Crippen molar-refractivity contribution in [2.45, 2.75) is 32.2 Å². The average Bonchev–Trinajstić information content (AvgIpc) is 2.61. The summed E-state index contributed by atoms with van der Waals surface area (Å²) in [5.41, 5.74) is 7.30. The van der Waals surface area contributed by atoms with Crippen molar-refractivity contribution < 1.29 is 0 Å². The Morgan fingerprint density at radius 1 is 1.60 bits per heavy atom. The highest BCUT2D eigenvalue weighted by Crippen LogP contribution is 2.08. The van der Waals surface area contributed by atoms with Crippen molar-refractivity contribution in [3.8, 4) is 0 Å². The topological polar surface area (TPSA) is 43.8 Å². The second-order valence-electron chi connectivity index (χ2n) is 3.82. The molecule has 1 heterocycles. The summed E-state index contributed by atoms with van der Waals surface area (Å²) in [6, 6.07) is 2.38. The van der Waals surface area contributed by atoms with Crippen LogP contribution in [0.15, 0.2) is 12.3 Å². The van der Waals surface area contributed by atoms with Crippen LogP contribution in [-0.2, 0) is 13.5 Å². The smallest absolute Gasteiger partial charge is 0.0492 e. The zero-order chi connectivity index (χ0) is 11.1. The summed E-state index contributed by atoms with van der Waals surface area (Å²) in [7, 11) is 1.98. The lowest BCUT2D eigenvalue weighted by Gasteiger charge is -2.10. The first kappa shape index (κ1) is 12.6. The molecule has 15 heavy (non-hydrogen) atoms. The van der Waals surface area contributed by atoms with Crippen LogP contribution in [0.25, 0.3) is 0 Å². The van der Waals surface area contributed by atoms with Gasteiger partial charge in [0.1, 0.15) is 0 Å². The van der Waals surface area contributed by atoms with Gasteiger partial charge in [-0.3, -0.25) is 4.68 Å². The molecular weight excluding hydrogens is 206 g/mol. The number of nitrogens with two attached hydrogens (primary N) is 1. The van der Waals surface area contributed by atoms with Gasteiger partial charge in [-0.05, 0) is 31.1 Å². The maximum Gasteiger partial charge on any atom is 0.0492 e. The van der Waals surface area contributed by atoms with Gasteiger partial charge in [-0.2, -0.15) is 16.9 Å². The third-order valence-corrected chi connectivity index (χ3v) is 3.73. The zero-order valence-electron chi connectivity index (χ0n) is 9.65. The highest BCUT2D eigenvalue weighted by Gasteiger charge is 2.05. The molecule has 0 bridgehead atoms. The quantitative estimate of drug-likeness (QED) is 0.723. The molecule has 1 rings (SSSR count). The van der Waals surface area contributed by atoms with Gasteiger partial charge in [0.15, 0.2) is 0 Å². The minimum atomic E-state index is 0.316. The summed E-state index contributed by atoms with van der Waals surface area (Å²) in [6.07, 6.45) is 5.16. The second-order valence-corrected chi connectivity index (χ2v) is 4.97. The van der Waals surface area contributed by atoms with Crippen molar-refractivity contribution in [2.75, 3.05) is 11.5 Å². The van der Waals surface area contributed by atoms with Gasteiger partial charge < -0.3 is 5.73 Å². The van der Waals surface area contributed by atoms with Crippen molar-refractivity contribution in [3.05, 3.63) is 18.0 Å². The van der Waals surface area contributed by atoms with Gasteiger partial charge in [0.2, 0.25) is 0 Å². The van der Waals surface area contributed by atoms with E-state index in [1.165, 1.54) is 17.9 Å². The third kappa shape index (κ3) is 4.71. The molecule has 0 saturated carbocycles. The van der Waals surface area contributed by atoms with E-state index >= 15 is 0 Å². The number of aromatic nitrogens is 2. The Morgan fingerprint density at radius 2 is 2.40 bits per heavy atom. The van der Waals surface area contributed by atoms with E-state index in [2.05, 4.69) is 18.1 Å². The molecule has 0 radical (unpaired) electrons. The molecule has 1 aromatic rings. The molecule has 3 nitrogen and oxygen atoms in total. The number of nitrogens with zero attached hydrogens (tertiary/aromatic N) is 2. The normalized spacial score (nSPS) is 13.0. The van der Waals surface area contributed by atoms with Gasteiger partial charge in [0.05, 0.1) is 0 Å². The summed E-state index contributed by atoms with van der Waals surface area (Å²) in [4.78, 5) is 0. The molecule has 86 valence electrons. The van der Waals surface area contributed by atoms with Gasteiger partial charge in [0.25, 0.3) is 0 Å². The van der Waals surface area contributed by atoms with Crippen LogP contribution in [0.1, 0.15) is 25.5 Å². The number of hydrogen-bond acceptors (Lipinski definition) is 3. The molecule has 4 heteroatoms. The number of aryl methyl sites for hydroxylation is 2. The summed E-state index contributed by atoms with van der Waals surface area (Å²) in [6.45, 7) is 2.20. The summed E-state index contributed by atoms with van der Waals surface area (Å²) in [5, 5.41) is 4.14. The maximum atomic E-state index is 6.03. The fourth-order valence-electron chi connectivity index (χ4n) is 1.44. The van der Waals surface area contributed by atoms with Crippen LogP contribution in [0.5, 0.6) is 0 Å². The van der Waals surface area contributed by atoms with Crippen LogP contribution in [0.4, 0.5) is 0 Å². The fraction of sp³-hybridized carbons (Fsp3) is 0.727. The Balaban J connectivity index is 2.16. The van der Waals surface area contributed by atoms with Crippen LogP contribution < -0.4 is 5.73 Å². The van der Waals surface area contributed by atoms with E-state index < -0.39 is 0 Å². The first-order valence-electron chi connectivity index (χ1n) is 5.54. The van der Waals surface area contributed by atoms with Gasteiger partial charge in [0, 0.05) is 30.7 Å². The largest absolute Gasteiger partial charge is 0.327 e. The van der Waals surface area contributed by atoms with E-state index in [0.29, 0.717) is 6.04 Å². The molecule has 0 aliphatic rings. The predicted octanol–water partition coefficient (Wildman–Crippen LogP) is 1.82. The second kappa shape index (κ2) is 6.90. The Bertz CT molecular complexity index is 273. The van der Waals surface area contributed by atoms with Crippen molar-refractivity contribution in [1.29, 1.82) is 0 Å². The highest BCUT2D eigenvalue weighted by atomic mass is 32.2. The Hall–Kier alpha value is -0.480. The van der Waals surface area contributed by atoms with Crippen LogP contribution >= 0.6 is 11.8 Å². The molecule has 0 spiro atoms. The standard InChI is InChI=1S/C11H21N3S/c1-3-8-15-9-10(12)4-5-11-6-7-13-14(11)2/h6-7,10H,3-5,8-9,12H2,1-2H3. The van der Waals surface area contributed by atoms with Crippen molar-refractivity contribution in [1.82, 2.24) is 9.78 Å². The number of thioether (sulfide) groups is 1. The van der Waals surface area contributed by atoms with Crippen molar-refractivity contribution >= 4 is 11.8 Å². The van der Waals surface area contributed by atoms with Gasteiger partial charge in [-0.25, -0.2) is 0 Å². The minimum Gasteiger partial charge on any atom is -0.327 e. The first-order chi connectivity index (χ1) is 7.24. The molecule has 0 aliphatic carbocycles. The number of rotatable bonds is 7. The summed E-state index contributed by atoms with van der Waals surface area (Å²) in [5.74, 6) is 2.30. The monoisotopic (exact) mass is 227 g/mol. The molecular formula is C11H21N3S. The molecule has 0 amide bonds. The van der Waals surface area contributed by atoms with E-state index in [1.54, 1.807) is 0 Å². The summed E-state index contributed by atoms with van der Waals surface area (Å²) >= 11 is 1.96. The highest BCUT2D eigenvalue weighted by molar-refractivity contribution is 7.99. The third-order valence-electron chi connectivity index (χ3n) is 2.37. The fourth-order valence-corrected chi connectivity index (χ4v) is 2.37. The first-order valence-corrected chi connectivity index (χ1v) is 6.69. The van der Waals surface area contributed by atoms with E-state index in [9.17, 15) is 0 Å². The minimum absolute atomic E-state index is 0.316. The molecule has 1 unspecified atom stereocenters. The van der Waals surface area contributed by atoms with Crippen LogP contribution in [0.2, 0.25) is 0 Å². The van der Waals surface area contributed by atoms with E-state index in [4.69, 9.17) is 5.73 Å². The average molecular weight is 227 g/mol. The molecule has 0 fully saturated rings. The van der Waals surface area contributed by atoms with Gasteiger partial charge >= 0.3 is 0 Å². The molecule has 0 aliphatic heterocycles. The molecule has 2 N–H and O–H groups in total. The SMILES string of the molecule is CCCSCC(N)CCc1ccnn1C. The van der Waals surface area contributed by atoms with E-state index in [0.717, 1.165) is 18.6 Å². The lowest BCUT2D eigenvalue weighted by molar-refractivity contribution is 0.629. The lowest BCUT2D eigenvalue weighted by atomic mass is 10.1. The van der Waals surface area contributed by atoms with Crippen LogP contribution in [-0.4, -0.2) is 27.3 Å². The van der Waals surface area contributed by atoms with E-state index in [-0.39, 0.29) is 0 Å². The van der Waals surface area contributed by atoms with Gasteiger partial charge in [-0.15, -0.1) is 0 Å². The van der Waals surface area contributed by atoms with Crippen LogP contribution in [0, 0.1) is 0 Å². The van der Waals surface area contributed by atoms with Crippen molar-refractivity contribution in [2.24, 2.45) is 12.8 Å². The Kier molecular flexibility index (Phi) is 5.79. The van der Waals surface area contributed by atoms with E-state index in [1.807, 2.05) is 29.7 Å². The molecule has 1 atom stereocenters. The lowest BCUT2D eigenvalue weighted by Crippen LogP contribution is -2.24. The molecule has 0 aromatic carbocycles. The summed E-state index contributed by atoms with van der Waals surface area (Å²) < 4.78 is 1.92. The maximum absolute atomic E-state index is 6.03. The van der Waals surface area contributed by atoms with Gasteiger partial charge in [-0.1, -0.05) is 6.92 Å². The van der Waals surface area contributed by atoms with Crippen LogP contribution in [0.3, 0.4) is 0 Å². The Morgan fingerprint density at radius 3 is 3.00 bits per heavy atom. The zero-order valence-corrected chi connectivity index (χ0v) is 10.5. The predicted molar refractivity (Wildman–Crippen MR) is 67.1 cm³/mol.